The summed E-state index contributed by atoms with van der Waals surface area (Å²) in [6, 6.07) is 2.63. The van der Waals surface area contributed by atoms with Gasteiger partial charge in [0.25, 0.3) is 5.69 Å². The van der Waals surface area contributed by atoms with Crippen molar-refractivity contribution in [2.24, 2.45) is 5.41 Å². The quantitative estimate of drug-likeness (QED) is 0.664. The number of nitro benzene ring substituents is 1. The summed E-state index contributed by atoms with van der Waals surface area (Å²) in [6.45, 7) is 3.60. The molecule has 116 valence electrons. The second kappa shape index (κ2) is 4.87. The van der Waals surface area contributed by atoms with Gasteiger partial charge in [0.1, 0.15) is 5.56 Å². The number of aliphatic hydroxyl groups is 1. The van der Waals surface area contributed by atoms with Crippen molar-refractivity contribution in [3.8, 4) is 0 Å². The average Bonchev–Trinajstić information content (AvgIpc) is 2.37. The van der Waals surface area contributed by atoms with Crippen molar-refractivity contribution < 1.29 is 23.2 Å². The molecule has 0 radical (unpaired) electrons. The first-order chi connectivity index (χ1) is 9.53. The molecule has 0 aromatic heterocycles. The molecule has 0 amide bonds. The highest BCUT2D eigenvalue weighted by Gasteiger charge is 2.47. The van der Waals surface area contributed by atoms with E-state index in [9.17, 15) is 28.4 Å². The van der Waals surface area contributed by atoms with Crippen LogP contribution in [0.5, 0.6) is 0 Å². The number of aliphatic hydroxyl groups excluding tert-OH is 1. The highest BCUT2D eigenvalue weighted by atomic mass is 19.4. The number of benzene rings is 1. The molecule has 2 unspecified atom stereocenters. The van der Waals surface area contributed by atoms with Crippen molar-refractivity contribution in [1.29, 1.82) is 0 Å². The van der Waals surface area contributed by atoms with Crippen LogP contribution in [0.2, 0.25) is 0 Å². The largest absolute Gasteiger partial charge is 0.423 e. The molecule has 1 saturated carbocycles. The van der Waals surface area contributed by atoms with Gasteiger partial charge >= 0.3 is 6.18 Å². The minimum atomic E-state index is -4.80. The van der Waals surface area contributed by atoms with Gasteiger partial charge in [-0.3, -0.25) is 10.1 Å². The van der Waals surface area contributed by atoms with Crippen LogP contribution in [-0.4, -0.2) is 22.2 Å². The van der Waals surface area contributed by atoms with Crippen LogP contribution in [0.15, 0.2) is 18.2 Å². The number of rotatable bonds is 3. The monoisotopic (exact) mass is 304 g/mol. The fraction of sp³-hybridized carbons (Fsp3) is 0.538. The predicted octanol–water partition coefficient (Wildman–Crippen LogP) is 3.18. The Balaban J connectivity index is 2.29. The van der Waals surface area contributed by atoms with Crippen LogP contribution in [0.4, 0.5) is 24.5 Å². The van der Waals surface area contributed by atoms with Gasteiger partial charge in [-0.15, -0.1) is 0 Å². The van der Waals surface area contributed by atoms with Crippen LogP contribution in [0.1, 0.15) is 25.8 Å². The van der Waals surface area contributed by atoms with Crippen LogP contribution >= 0.6 is 0 Å². The number of hydrogen-bond acceptors (Lipinski definition) is 4. The number of anilines is 1. The van der Waals surface area contributed by atoms with Crippen LogP contribution in [0.3, 0.4) is 0 Å². The maximum Gasteiger partial charge on any atom is 0.423 e. The summed E-state index contributed by atoms with van der Waals surface area (Å²) in [7, 11) is 0. The summed E-state index contributed by atoms with van der Waals surface area (Å²) in [4.78, 5) is 9.62. The molecule has 2 atom stereocenters. The van der Waals surface area contributed by atoms with E-state index in [1.54, 1.807) is 13.8 Å². The maximum atomic E-state index is 12.9. The topological polar surface area (TPSA) is 75.4 Å². The van der Waals surface area contributed by atoms with Gasteiger partial charge in [0, 0.05) is 23.2 Å². The standard InChI is InChI=1S/C13H15F3N2O3/c1-12(2)10(6-11(12)19)17-7-3-4-9(18(20)21)8(5-7)13(14,15)16/h3-5,10-11,17,19H,6H2,1-2H3. The molecular weight excluding hydrogens is 289 g/mol. The molecule has 0 heterocycles. The molecule has 0 bridgehead atoms. The zero-order valence-corrected chi connectivity index (χ0v) is 11.4. The minimum Gasteiger partial charge on any atom is -0.392 e. The minimum absolute atomic E-state index is 0.151. The molecule has 0 aliphatic heterocycles. The first kappa shape index (κ1) is 15.6. The molecule has 21 heavy (non-hydrogen) atoms. The third kappa shape index (κ3) is 2.80. The smallest absolute Gasteiger partial charge is 0.392 e. The van der Waals surface area contributed by atoms with E-state index < -0.39 is 33.9 Å². The van der Waals surface area contributed by atoms with E-state index in [4.69, 9.17) is 0 Å². The van der Waals surface area contributed by atoms with Gasteiger partial charge in [0.05, 0.1) is 11.0 Å². The maximum absolute atomic E-state index is 12.9. The van der Waals surface area contributed by atoms with Crippen LogP contribution in [-0.2, 0) is 6.18 Å². The SMILES string of the molecule is CC1(C)C(O)CC1Nc1ccc([N+](=O)[O-])c(C(F)(F)F)c1. The normalized spacial score (nSPS) is 24.3. The fourth-order valence-electron chi connectivity index (χ4n) is 2.36. The Hall–Kier alpha value is -1.83. The summed E-state index contributed by atoms with van der Waals surface area (Å²) in [5.74, 6) is 0. The molecule has 0 saturated heterocycles. The summed E-state index contributed by atoms with van der Waals surface area (Å²) in [5, 5.41) is 23.2. The van der Waals surface area contributed by atoms with Crippen LogP contribution < -0.4 is 5.32 Å². The third-order valence-electron chi connectivity index (χ3n) is 4.06. The van der Waals surface area contributed by atoms with Gasteiger partial charge in [-0.25, -0.2) is 0 Å². The first-order valence-electron chi connectivity index (χ1n) is 6.33. The highest BCUT2D eigenvalue weighted by molar-refractivity contribution is 5.56. The van der Waals surface area contributed by atoms with Gasteiger partial charge < -0.3 is 10.4 Å². The van der Waals surface area contributed by atoms with Gasteiger partial charge in [-0.2, -0.15) is 13.2 Å². The Bertz CT molecular complexity index is 572. The molecule has 0 spiro atoms. The Labute approximate surface area is 118 Å². The van der Waals surface area contributed by atoms with Gasteiger partial charge in [-0.05, 0) is 18.6 Å². The zero-order valence-electron chi connectivity index (χ0n) is 11.4. The molecule has 1 aliphatic carbocycles. The van der Waals surface area contributed by atoms with E-state index in [0.29, 0.717) is 6.42 Å². The average molecular weight is 304 g/mol. The number of nitrogens with zero attached hydrogens (tertiary/aromatic N) is 1. The molecular formula is C13H15F3N2O3. The van der Waals surface area contributed by atoms with E-state index >= 15 is 0 Å². The van der Waals surface area contributed by atoms with E-state index in [1.165, 1.54) is 6.07 Å². The molecule has 1 aliphatic rings. The van der Waals surface area contributed by atoms with Crippen molar-refractivity contribution in [1.82, 2.24) is 0 Å². The number of alkyl halides is 3. The summed E-state index contributed by atoms with van der Waals surface area (Å²) in [6.07, 6.45) is -4.89. The molecule has 1 aromatic rings. The van der Waals surface area contributed by atoms with E-state index in [-0.39, 0.29) is 11.7 Å². The Kier molecular flexibility index (Phi) is 3.61. The van der Waals surface area contributed by atoms with Crippen LogP contribution in [0.25, 0.3) is 0 Å². The van der Waals surface area contributed by atoms with Crippen molar-refractivity contribution in [2.75, 3.05) is 5.32 Å². The second-order valence-corrected chi connectivity index (χ2v) is 5.76. The second-order valence-electron chi connectivity index (χ2n) is 5.76. The zero-order chi connectivity index (χ0) is 16.0. The number of halogens is 3. The molecule has 5 nitrogen and oxygen atoms in total. The van der Waals surface area contributed by atoms with Gasteiger partial charge in [0.15, 0.2) is 0 Å². The Morgan fingerprint density at radius 3 is 2.48 bits per heavy atom. The van der Waals surface area contributed by atoms with Gasteiger partial charge in [-0.1, -0.05) is 13.8 Å². The molecule has 1 fully saturated rings. The van der Waals surface area contributed by atoms with Gasteiger partial charge in [0.2, 0.25) is 0 Å². The summed E-state index contributed by atoms with van der Waals surface area (Å²) in [5.41, 5.74) is -2.56. The lowest BCUT2D eigenvalue weighted by molar-refractivity contribution is -0.388. The molecule has 2 rings (SSSR count). The van der Waals surface area contributed by atoms with Crippen molar-refractivity contribution in [3.63, 3.8) is 0 Å². The number of nitro groups is 1. The highest BCUT2D eigenvalue weighted by Crippen LogP contribution is 2.43. The Morgan fingerprint density at radius 1 is 1.43 bits per heavy atom. The van der Waals surface area contributed by atoms with Crippen molar-refractivity contribution in [2.45, 2.75) is 38.6 Å². The van der Waals surface area contributed by atoms with Crippen molar-refractivity contribution >= 4 is 11.4 Å². The van der Waals surface area contributed by atoms with E-state index in [0.717, 1.165) is 12.1 Å². The third-order valence-corrected chi connectivity index (χ3v) is 4.06. The van der Waals surface area contributed by atoms with Crippen LogP contribution in [0, 0.1) is 15.5 Å². The van der Waals surface area contributed by atoms with E-state index in [2.05, 4.69) is 5.32 Å². The lowest BCUT2D eigenvalue weighted by atomic mass is 9.64. The predicted molar refractivity (Wildman–Crippen MR) is 69.9 cm³/mol. The summed E-state index contributed by atoms with van der Waals surface area (Å²) < 4.78 is 38.6. The molecule has 8 heteroatoms. The number of hydrogen-bond donors (Lipinski definition) is 2. The van der Waals surface area contributed by atoms with E-state index in [1.807, 2.05) is 0 Å². The Morgan fingerprint density at radius 2 is 2.05 bits per heavy atom. The fourth-order valence-corrected chi connectivity index (χ4v) is 2.36. The summed E-state index contributed by atoms with van der Waals surface area (Å²) >= 11 is 0. The molecule has 2 N–H and O–H groups in total. The first-order valence-corrected chi connectivity index (χ1v) is 6.33. The molecule has 1 aromatic carbocycles. The number of nitrogens with one attached hydrogen (secondary N) is 1. The lowest BCUT2D eigenvalue weighted by Crippen LogP contribution is -2.56. The lowest BCUT2D eigenvalue weighted by Gasteiger charge is -2.49. The van der Waals surface area contributed by atoms with Crippen molar-refractivity contribution in [3.05, 3.63) is 33.9 Å².